The standard InChI is InChI=1S/C23H25FN8O2S/c1-35(33,34)9-7-26-13-19-2-3-20(14-28-19)30-23-27-6-4-21(31-23)17-10-16(11-25)22(29-12-17)32-8-5-18(24)15-32/h2-4,6,10,12,14,18,26H,5,7-9,13,15H2,1H3,(H,27,30,31). The van der Waals surface area contributed by atoms with E-state index in [-0.39, 0.29) is 12.3 Å². The van der Waals surface area contributed by atoms with Crippen LogP contribution in [0.3, 0.4) is 0 Å². The van der Waals surface area contributed by atoms with E-state index in [9.17, 15) is 18.1 Å². The van der Waals surface area contributed by atoms with E-state index in [2.05, 4.69) is 36.6 Å². The molecule has 1 aliphatic rings. The monoisotopic (exact) mass is 496 g/mol. The number of hydrogen-bond donors (Lipinski definition) is 2. The molecule has 0 aromatic carbocycles. The van der Waals surface area contributed by atoms with Crippen molar-refractivity contribution >= 4 is 27.3 Å². The van der Waals surface area contributed by atoms with Crippen molar-refractivity contribution in [3.05, 3.63) is 54.1 Å². The Labute approximate surface area is 203 Å². The lowest BCUT2D eigenvalue weighted by atomic mass is 10.1. The molecule has 1 saturated heterocycles. The van der Waals surface area contributed by atoms with Crippen LogP contribution in [0, 0.1) is 11.3 Å². The van der Waals surface area contributed by atoms with Gasteiger partial charge < -0.3 is 15.5 Å². The minimum atomic E-state index is -3.00. The normalized spacial score (nSPS) is 15.7. The number of nitriles is 1. The van der Waals surface area contributed by atoms with Gasteiger partial charge in [0, 0.05) is 43.8 Å². The minimum absolute atomic E-state index is 0.0742. The summed E-state index contributed by atoms with van der Waals surface area (Å²) in [7, 11) is -3.00. The van der Waals surface area contributed by atoms with Gasteiger partial charge in [0.15, 0.2) is 0 Å². The van der Waals surface area contributed by atoms with Gasteiger partial charge in [-0.3, -0.25) is 4.98 Å². The van der Waals surface area contributed by atoms with Crippen molar-refractivity contribution in [3.8, 4) is 17.3 Å². The summed E-state index contributed by atoms with van der Waals surface area (Å²) in [5.74, 6) is 0.914. The van der Waals surface area contributed by atoms with Gasteiger partial charge in [0.25, 0.3) is 0 Å². The molecule has 182 valence electrons. The molecule has 3 aromatic heterocycles. The number of nitrogens with zero attached hydrogens (tertiary/aromatic N) is 6. The zero-order chi connectivity index (χ0) is 24.8. The van der Waals surface area contributed by atoms with Gasteiger partial charge in [-0.2, -0.15) is 5.26 Å². The molecule has 0 aliphatic carbocycles. The van der Waals surface area contributed by atoms with Crippen molar-refractivity contribution in [3.63, 3.8) is 0 Å². The summed E-state index contributed by atoms with van der Waals surface area (Å²) in [4.78, 5) is 19.3. The molecule has 1 fully saturated rings. The third-order valence-corrected chi connectivity index (χ3v) is 6.35. The Kier molecular flexibility index (Phi) is 7.48. The molecule has 2 N–H and O–H groups in total. The van der Waals surface area contributed by atoms with Gasteiger partial charge in [-0.15, -0.1) is 0 Å². The first-order chi connectivity index (χ1) is 16.8. The summed E-state index contributed by atoms with van der Waals surface area (Å²) in [6, 6.07) is 9.23. The lowest BCUT2D eigenvalue weighted by Gasteiger charge is -2.18. The average molecular weight is 497 g/mol. The Morgan fingerprint density at radius 3 is 2.77 bits per heavy atom. The largest absolute Gasteiger partial charge is 0.352 e. The average Bonchev–Trinajstić information content (AvgIpc) is 3.28. The Hall–Kier alpha value is -3.69. The lowest BCUT2D eigenvalue weighted by molar-refractivity contribution is 0.364. The highest BCUT2D eigenvalue weighted by molar-refractivity contribution is 7.90. The molecule has 1 atom stereocenters. The molecular formula is C23H25FN8O2S. The van der Waals surface area contributed by atoms with Crippen LogP contribution in [0.1, 0.15) is 17.7 Å². The van der Waals surface area contributed by atoms with Crippen LogP contribution in [0.25, 0.3) is 11.3 Å². The van der Waals surface area contributed by atoms with Crippen LogP contribution in [0.15, 0.2) is 42.9 Å². The third kappa shape index (κ3) is 6.68. The van der Waals surface area contributed by atoms with Gasteiger partial charge in [0.1, 0.15) is 27.9 Å². The van der Waals surface area contributed by atoms with Gasteiger partial charge in [-0.1, -0.05) is 0 Å². The Bertz CT molecular complexity index is 1330. The highest BCUT2D eigenvalue weighted by Crippen LogP contribution is 2.27. The number of hydrogen-bond acceptors (Lipinski definition) is 10. The fourth-order valence-electron chi connectivity index (χ4n) is 3.63. The SMILES string of the molecule is CS(=O)(=O)CCNCc1ccc(Nc2nccc(-c3cnc(N4CCC(F)C4)c(C#N)c3)n2)cn1. The van der Waals surface area contributed by atoms with E-state index in [0.717, 1.165) is 5.69 Å². The second-order valence-electron chi connectivity index (χ2n) is 8.27. The predicted octanol–water partition coefficient (Wildman–Crippen LogP) is 2.23. The number of aromatic nitrogens is 4. The zero-order valence-corrected chi connectivity index (χ0v) is 20.0. The van der Waals surface area contributed by atoms with Crippen molar-refractivity contribution in [1.29, 1.82) is 5.26 Å². The van der Waals surface area contributed by atoms with Crippen LogP contribution in [-0.2, 0) is 16.4 Å². The second kappa shape index (κ2) is 10.7. The molecule has 0 radical (unpaired) electrons. The van der Waals surface area contributed by atoms with E-state index < -0.39 is 16.0 Å². The van der Waals surface area contributed by atoms with Crippen LogP contribution < -0.4 is 15.5 Å². The van der Waals surface area contributed by atoms with E-state index >= 15 is 0 Å². The van der Waals surface area contributed by atoms with E-state index in [4.69, 9.17) is 0 Å². The molecule has 4 rings (SSSR count). The van der Waals surface area contributed by atoms with E-state index in [1.54, 1.807) is 35.6 Å². The third-order valence-electron chi connectivity index (χ3n) is 5.41. The summed E-state index contributed by atoms with van der Waals surface area (Å²) >= 11 is 0. The number of halogens is 1. The molecule has 0 saturated carbocycles. The molecule has 35 heavy (non-hydrogen) atoms. The lowest BCUT2D eigenvalue weighted by Crippen LogP contribution is -2.22. The van der Waals surface area contributed by atoms with Crippen LogP contribution in [0.5, 0.6) is 0 Å². The predicted molar refractivity (Wildman–Crippen MR) is 131 cm³/mol. The van der Waals surface area contributed by atoms with Crippen LogP contribution >= 0.6 is 0 Å². The van der Waals surface area contributed by atoms with Crippen LogP contribution in [0.2, 0.25) is 0 Å². The van der Waals surface area contributed by atoms with Crippen LogP contribution in [-0.4, -0.2) is 66.2 Å². The number of sulfone groups is 1. The molecule has 0 bridgehead atoms. The molecule has 1 unspecified atom stereocenters. The van der Waals surface area contributed by atoms with E-state index in [1.807, 2.05) is 12.1 Å². The quantitative estimate of drug-likeness (QED) is 0.424. The van der Waals surface area contributed by atoms with Crippen molar-refractivity contribution in [2.75, 3.05) is 41.9 Å². The molecule has 12 heteroatoms. The van der Waals surface area contributed by atoms with Gasteiger partial charge in [-0.05, 0) is 30.7 Å². The summed E-state index contributed by atoms with van der Waals surface area (Å²) in [6.45, 7) is 1.59. The van der Waals surface area contributed by atoms with Crippen molar-refractivity contribution in [1.82, 2.24) is 25.3 Å². The summed E-state index contributed by atoms with van der Waals surface area (Å²) < 4.78 is 35.9. The fraction of sp³-hybridized carbons (Fsp3) is 0.348. The first-order valence-corrected chi connectivity index (χ1v) is 13.1. The topological polar surface area (TPSA) is 137 Å². The van der Waals surface area contributed by atoms with Gasteiger partial charge >= 0.3 is 0 Å². The second-order valence-corrected chi connectivity index (χ2v) is 10.5. The first-order valence-electron chi connectivity index (χ1n) is 11.0. The molecular weight excluding hydrogens is 471 g/mol. The van der Waals surface area contributed by atoms with Crippen molar-refractivity contribution in [2.45, 2.75) is 19.1 Å². The zero-order valence-electron chi connectivity index (χ0n) is 19.1. The molecule has 3 aromatic rings. The highest BCUT2D eigenvalue weighted by atomic mass is 32.2. The molecule has 0 spiro atoms. The molecule has 0 amide bonds. The molecule has 4 heterocycles. The maximum absolute atomic E-state index is 13.6. The number of anilines is 3. The number of rotatable bonds is 9. The molecule has 1 aliphatic heterocycles. The van der Waals surface area contributed by atoms with Crippen LogP contribution in [0.4, 0.5) is 21.8 Å². The molecule has 10 nitrogen and oxygen atoms in total. The van der Waals surface area contributed by atoms with Crippen molar-refractivity contribution in [2.24, 2.45) is 0 Å². The van der Waals surface area contributed by atoms with E-state index in [1.165, 1.54) is 6.26 Å². The Morgan fingerprint density at radius 1 is 1.23 bits per heavy atom. The van der Waals surface area contributed by atoms with Gasteiger partial charge in [0.2, 0.25) is 5.95 Å². The number of nitrogens with one attached hydrogen (secondary N) is 2. The first kappa shape index (κ1) is 24.4. The number of alkyl halides is 1. The maximum atomic E-state index is 13.6. The summed E-state index contributed by atoms with van der Waals surface area (Å²) in [6.07, 6.45) is 5.60. The highest BCUT2D eigenvalue weighted by Gasteiger charge is 2.25. The number of pyridine rings is 2. The fourth-order valence-corrected chi connectivity index (χ4v) is 4.14. The Balaban J connectivity index is 1.42. The summed E-state index contributed by atoms with van der Waals surface area (Å²) in [5.41, 5.74) is 3.06. The van der Waals surface area contributed by atoms with Gasteiger partial charge in [0.05, 0.1) is 41.1 Å². The Morgan fingerprint density at radius 2 is 2.09 bits per heavy atom. The van der Waals surface area contributed by atoms with Gasteiger partial charge in [-0.25, -0.2) is 27.8 Å². The smallest absolute Gasteiger partial charge is 0.227 e. The van der Waals surface area contributed by atoms with Crippen molar-refractivity contribution < 1.29 is 12.8 Å². The summed E-state index contributed by atoms with van der Waals surface area (Å²) in [5, 5.41) is 15.7. The minimum Gasteiger partial charge on any atom is -0.352 e. The maximum Gasteiger partial charge on any atom is 0.227 e. The van der Waals surface area contributed by atoms with E-state index in [0.29, 0.717) is 60.3 Å².